The molecule has 3 rings (SSSR count). The number of rotatable bonds is 3. The van der Waals surface area contributed by atoms with Crippen molar-refractivity contribution in [2.24, 2.45) is 11.7 Å². The topological polar surface area (TPSA) is 59.5 Å². The van der Waals surface area contributed by atoms with E-state index in [9.17, 15) is 4.79 Å². The van der Waals surface area contributed by atoms with Crippen LogP contribution < -0.4 is 5.73 Å². The number of hydrogen-bond acceptors (Lipinski definition) is 3. The van der Waals surface area contributed by atoms with Crippen LogP contribution in [0.4, 0.5) is 0 Å². The van der Waals surface area contributed by atoms with E-state index >= 15 is 0 Å². The van der Waals surface area contributed by atoms with E-state index in [1.54, 1.807) is 6.26 Å². The van der Waals surface area contributed by atoms with Crippen LogP contribution in [0, 0.1) is 19.8 Å². The van der Waals surface area contributed by atoms with Gasteiger partial charge in [0.1, 0.15) is 11.8 Å². The number of carbonyl (C=O) groups is 1. The molecule has 118 valence electrons. The molecule has 0 bridgehead atoms. The Morgan fingerprint density at radius 1 is 1.27 bits per heavy atom. The Labute approximate surface area is 131 Å². The second kappa shape index (κ2) is 6.13. The first kappa shape index (κ1) is 15.1. The van der Waals surface area contributed by atoms with E-state index in [0.29, 0.717) is 11.5 Å². The van der Waals surface area contributed by atoms with E-state index in [2.05, 4.69) is 19.9 Å². The molecule has 1 fully saturated rings. The van der Waals surface area contributed by atoms with Crippen molar-refractivity contribution in [3.8, 4) is 0 Å². The Bertz CT molecular complexity index is 682. The highest BCUT2D eigenvalue weighted by molar-refractivity contribution is 6.06. The molecule has 1 saturated heterocycles. The lowest BCUT2D eigenvalue weighted by Crippen LogP contribution is -2.38. The predicted octanol–water partition coefficient (Wildman–Crippen LogP) is 3.25. The van der Waals surface area contributed by atoms with Gasteiger partial charge in [0.05, 0.1) is 5.56 Å². The maximum Gasteiger partial charge on any atom is 0.257 e. The summed E-state index contributed by atoms with van der Waals surface area (Å²) < 4.78 is 5.59. The molecule has 2 aromatic rings. The Morgan fingerprint density at radius 3 is 2.64 bits per heavy atom. The Morgan fingerprint density at radius 2 is 1.95 bits per heavy atom. The standard InChI is InChI=1S/C18H24N2O2/c1-12-9-15-16(11-22-17(15)10-13(12)2)18(21)20-7-4-14(3-6-19)5-8-20/h9-11,14H,3-8,19H2,1-2H3. The molecule has 1 aromatic carbocycles. The van der Waals surface area contributed by atoms with E-state index in [1.165, 1.54) is 11.1 Å². The van der Waals surface area contributed by atoms with Gasteiger partial charge in [0, 0.05) is 18.5 Å². The molecule has 0 spiro atoms. The molecule has 0 aliphatic carbocycles. The van der Waals surface area contributed by atoms with Gasteiger partial charge in [0.15, 0.2) is 0 Å². The lowest BCUT2D eigenvalue weighted by Gasteiger charge is -2.31. The SMILES string of the molecule is Cc1cc2occ(C(=O)N3CCC(CCN)CC3)c2cc1C. The lowest BCUT2D eigenvalue weighted by atomic mass is 9.93. The molecule has 1 aliphatic rings. The number of amides is 1. The van der Waals surface area contributed by atoms with Crippen LogP contribution in [0.2, 0.25) is 0 Å². The normalized spacial score (nSPS) is 16.4. The van der Waals surface area contributed by atoms with Crippen LogP contribution in [0.1, 0.15) is 40.7 Å². The van der Waals surface area contributed by atoms with Gasteiger partial charge in [-0.1, -0.05) is 0 Å². The van der Waals surface area contributed by atoms with Gasteiger partial charge >= 0.3 is 0 Å². The van der Waals surface area contributed by atoms with Crippen LogP contribution in [-0.2, 0) is 0 Å². The molecule has 22 heavy (non-hydrogen) atoms. The molecular weight excluding hydrogens is 276 g/mol. The summed E-state index contributed by atoms with van der Waals surface area (Å²) in [7, 11) is 0. The molecular formula is C18H24N2O2. The zero-order valence-electron chi connectivity index (χ0n) is 13.4. The van der Waals surface area contributed by atoms with Gasteiger partial charge in [-0.25, -0.2) is 0 Å². The van der Waals surface area contributed by atoms with Crippen LogP contribution in [-0.4, -0.2) is 30.4 Å². The van der Waals surface area contributed by atoms with E-state index in [0.717, 1.165) is 49.9 Å². The number of likely N-dealkylation sites (tertiary alicyclic amines) is 1. The third kappa shape index (κ3) is 2.75. The fourth-order valence-electron chi connectivity index (χ4n) is 3.28. The Balaban J connectivity index is 1.80. The van der Waals surface area contributed by atoms with Crippen molar-refractivity contribution >= 4 is 16.9 Å². The van der Waals surface area contributed by atoms with Crippen molar-refractivity contribution in [1.29, 1.82) is 0 Å². The van der Waals surface area contributed by atoms with Gasteiger partial charge in [-0.3, -0.25) is 4.79 Å². The highest BCUT2D eigenvalue weighted by Gasteiger charge is 2.25. The minimum Gasteiger partial charge on any atom is -0.463 e. The van der Waals surface area contributed by atoms with Crippen molar-refractivity contribution in [3.63, 3.8) is 0 Å². The van der Waals surface area contributed by atoms with E-state index in [1.807, 2.05) is 11.0 Å². The summed E-state index contributed by atoms with van der Waals surface area (Å²) in [5, 5.41) is 0.928. The molecule has 0 unspecified atom stereocenters. The highest BCUT2D eigenvalue weighted by Crippen LogP contribution is 2.27. The molecule has 2 heterocycles. The molecule has 0 radical (unpaired) electrons. The van der Waals surface area contributed by atoms with Crippen molar-refractivity contribution in [3.05, 3.63) is 35.1 Å². The third-order valence-corrected chi connectivity index (χ3v) is 4.90. The fourth-order valence-corrected chi connectivity index (χ4v) is 3.28. The zero-order chi connectivity index (χ0) is 15.7. The number of piperidine rings is 1. The number of aryl methyl sites for hydroxylation is 2. The molecule has 0 saturated carbocycles. The van der Waals surface area contributed by atoms with Crippen LogP contribution in [0.3, 0.4) is 0 Å². The third-order valence-electron chi connectivity index (χ3n) is 4.90. The molecule has 1 amide bonds. The Hall–Kier alpha value is -1.81. The zero-order valence-corrected chi connectivity index (χ0v) is 13.4. The number of carbonyl (C=O) groups excluding carboxylic acids is 1. The van der Waals surface area contributed by atoms with E-state index < -0.39 is 0 Å². The maximum atomic E-state index is 12.8. The lowest BCUT2D eigenvalue weighted by molar-refractivity contribution is 0.0689. The predicted molar refractivity (Wildman–Crippen MR) is 88.0 cm³/mol. The summed E-state index contributed by atoms with van der Waals surface area (Å²) in [6, 6.07) is 4.07. The van der Waals surface area contributed by atoms with Gasteiger partial charge in [-0.2, -0.15) is 0 Å². The molecule has 0 atom stereocenters. The quantitative estimate of drug-likeness (QED) is 0.946. The van der Waals surface area contributed by atoms with Gasteiger partial charge in [-0.15, -0.1) is 0 Å². The van der Waals surface area contributed by atoms with Crippen LogP contribution in [0.25, 0.3) is 11.0 Å². The van der Waals surface area contributed by atoms with Gasteiger partial charge in [-0.05, 0) is 68.8 Å². The number of fused-ring (bicyclic) bond motifs is 1. The summed E-state index contributed by atoms with van der Waals surface area (Å²) >= 11 is 0. The Kier molecular flexibility index (Phi) is 4.21. The highest BCUT2D eigenvalue weighted by atomic mass is 16.3. The van der Waals surface area contributed by atoms with Crippen molar-refractivity contribution < 1.29 is 9.21 Å². The fraction of sp³-hybridized carbons (Fsp3) is 0.500. The van der Waals surface area contributed by atoms with Crippen LogP contribution in [0.5, 0.6) is 0 Å². The molecule has 1 aromatic heterocycles. The summed E-state index contributed by atoms with van der Waals surface area (Å²) in [6.07, 6.45) is 4.78. The summed E-state index contributed by atoms with van der Waals surface area (Å²) in [6.45, 7) is 6.50. The smallest absolute Gasteiger partial charge is 0.257 e. The first-order valence-electron chi connectivity index (χ1n) is 8.08. The maximum absolute atomic E-state index is 12.8. The van der Waals surface area contributed by atoms with Crippen molar-refractivity contribution in [2.45, 2.75) is 33.1 Å². The first-order chi connectivity index (χ1) is 10.6. The number of hydrogen-bond donors (Lipinski definition) is 1. The number of benzene rings is 1. The van der Waals surface area contributed by atoms with E-state index in [4.69, 9.17) is 10.2 Å². The van der Waals surface area contributed by atoms with Crippen LogP contribution in [0.15, 0.2) is 22.8 Å². The van der Waals surface area contributed by atoms with Crippen molar-refractivity contribution in [2.75, 3.05) is 19.6 Å². The van der Waals surface area contributed by atoms with Crippen LogP contribution >= 0.6 is 0 Å². The molecule has 4 heteroatoms. The first-order valence-corrected chi connectivity index (χ1v) is 8.08. The van der Waals surface area contributed by atoms with E-state index in [-0.39, 0.29) is 5.91 Å². The largest absolute Gasteiger partial charge is 0.463 e. The molecule has 1 aliphatic heterocycles. The average molecular weight is 300 g/mol. The second-order valence-corrected chi connectivity index (χ2v) is 6.39. The van der Waals surface area contributed by atoms with Gasteiger partial charge in [0.2, 0.25) is 0 Å². The minimum absolute atomic E-state index is 0.0909. The second-order valence-electron chi connectivity index (χ2n) is 6.39. The number of nitrogens with zero attached hydrogens (tertiary/aromatic N) is 1. The average Bonchev–Trinajstić information content (AvgIpc) is 2.91. The van der Waals surface area contributed by atoms with Gasteiger partial charge < -0.3 is 15.1 Å². The number of nitrogens with two attached hydrogens (primary N) is 1. The minimum atomic E-state index is 0.0909. The number of furan rings is 1. The van der Waals surface area contributed by atoms with Gasteiger partial charge in [0.25, 0.3) is 5.91 Å². The summed E-state index contributed by atoms with van der Waals surface area (Å²) in [5.74, 6) is 0.758. The molecule has 4 nitrogen and oxygen atoms in total. The summed E-state index contributed by atoms with van der Waals surface area (Å²) in [5.41, 5.74) is 9.48. The summed E-state index contributed by atoms with van der Waals surface area (Å²) in [4.78, 5) is 14.7. The van der Waals surface area contributed by atoms with Crippen molar-refractivity contribution in [1.82, 2.24) is 4.90 Å². The molecule has 2 N–H and O–H groups in total. The monoisotopic (exact) mass is 300 g/mol.